The van der Waals surface area contributed by atoms with E-state index in [9.17, 15) is 4.79 Å². The molecule has 0 saturated carbocycles. The van der Waals surface area contributed by atoms with Gasteiger partial charge in [-0.15, -0.1) is 0 Å². The first-order chi connectivity index (χ1) is 9.74. The van der Waals surface area contributed by atoms with Crippen LogP contribution in [0.5, 0.6) is 11.5 Å². The molecule has 1 aromatic heterocycles. The Kier molecular flexibility index (Phi) is 4.73. The lowest BCUT2D eigenvalue weighted by atomic mass is 10.2. The molecule has 6 nitrogen and oxygen atoms in total. The number of hydrogen-bond acceptors (Lipinski definition) is 6. The maximum absolute atomic E-state index is 12.0. The Morgan fingerprint density at radius 3 is 2.70 bits per heavy atom. The molecule has 0 radical (unpaired) electrons. The van der Waals surface area contributed by atoms with Gasteiger partial charge in [-0.1, -0.05) is 5.16 Å². The molecule has 0 N–H and O–H groups in total. The van der Waals surface area contributed by atoms with Crippen LogP contribution in [0.1, 0.15) is 23.0 Å². The summed E-state index contributed by atoms with van der Waals surface area (Å²) in [6.07, 6.45) is 1.27. The van der Waals surface area contributed by atoms with Crippen LogP contribution in [-0.4, -0.2) is 24.8 Å². The van der Waals surface area contributed by atoms with E-state index in [1.165, 1.54) is 6.26 Å². The smallest absolute Gasteiger partial charge is 0.343 e. The van der Waals surface area contributed by atoms with Crippen LogP contribution in [0.3, 0.4) is 0 Å². The second-order valence-electron chi connectivity index (χ2n) is 3.88. The van der Waals surface area contributed by atoms with E-state index in [0.717, 1.165) is 0 Å². The molecular weight excluding hydrogens is 262 g/mol. The van der Waals surface area contributed by atoms with Crippen LogP contribution in [0.4, 0.5) is 0 Å². The van der Waals surface area contributed by atoms with Gasteiger partial charge in [0.2, 0.25) is 0 Å². The zero-order chi connectivity index (χ0) is 14.4. The van der Waals surface area contributed by atoms with Crippen molar-refractivity contribution in [3.05, 3.63) is 41.8 Å². The molecule has 2 rings (SSSR count). The Balaban J connectivity index is 2.05. The first kappa shape index (κ1) is 14.1. The van der Waals surface area contributed by atoms with Crippen molar-refractivity contribution in [2.75, 3.05) is 13.7 Å². The Hall–Kier alpha value is -2.34. The summed E-state index contributed by atoms with van der Waals surface area (Å²) in [5, 5.41) is 3.73. The van der Waals surface area contributed by atoms with Crippen molar-refractivity contribution in [3.8, 4) is 11.5 Å². The molecule has 2 aromatic rings. The number of nitrogens with zero attached hydrogens (tertiary/aromatic N) is 1. The molecule has 1 aromatic carbocycles. The van der Waals surface area contributed by atoms with Crippen LogP contribution in [0, 0.1) is 0 Å². The highest BCUT2D eigenvalue weighted by atomic mass is 16.6. The van der Waals surface area contributed by atoms with E-state index in [1.807, 2.05) is 6.92 Å². The number of aromatic nitrogens is 1. The molecule has 0 fully saturated rings. The van der Waals surface area contributed by atoms with Gasteiger partial charge in [0.15, 0.2) is 17.7 Å². The SMILES string of the molecule is CCOCc1nocc1OC(=O)c1ccc(OC)cc1. The summed E-state index contributed by atoms with van der Waals surface area (Å²) >= 11 is 0. The lowest BCUT2D eigenvalue weighted by Crippen LogP contribution is -2.09. The zero-order valence-corrected chi connectivity index (χ0v) is 11.3. The van der Waals surface area contributed by atoms with Crippen molar-refractivity contribution >= 4 is 5.97 Å². The highest BCUT2D eigenvalue weighted by Gasteiger charge is 2.15. The minimum atomic E-state index is -0.492. The molecule has 0 aliphatic rings. The summed E-state index contributed by atoms with van der Waals surface area (Å²) in [6.45, 7) is 2.64. The second-order valence-corrected chi connectivity index (χ2v) is 3.88. The summed E-state index contributed by atoms with van der Waals surface area (Å²) in [5.74, 6) is 0.441. The van der Waals surface area contributed by atoms with E-state index in [2.05, 4.69) is 5.16 Å². The van der Waals surface area contributed by atoms with Crippen LogP contribution in [0.15, 0.2) is 35.1 Å². The van der Waals surface area contributed by atoms with E-state index in [0.29, 0.717) is 23.6 Å². The van der Waals surface area contributed by atoms with Gasteiger partial charge in [-0.2, -0.15) is 0 Å². The standard InChI is InChI=1S/C14H15NO5/c1-3-18-8-12-13(9-19-15-12)20-14(16)10-4-6-11(17-2)7-5-10/h4-7,9H,3,8H2,1-2H3. The van der Waals surface area contributed by atoms with Gasteiger partial charge in [0.1, 0.15) is 5.75 Å². The van der Waals surface area contributed by atoms with Gasteiger partial charge >= 0.3 is 5.97 Å². The third kappa shape index (κ3) is 3.36. The maximum atomic E-state index is 12.0. The molecule has 0 aliphatic heterocycles. The Morgan fingerprint density at radius 1 is 1.30 bits per heavy atom. The number of methoxy groups -OCH3 is 1. The van der Waals surface area contributed by atoms with Crippen molar-refractivity contribution in [3.63, 3.8) is 0 Å². The molecule has 0 bridgehead atoms. The minimum absolute atomic E-state index is 0.234. The largest absolute Gasteiger partial charge is 0.497 e. The number of carbonyl (C=O) groups excluding carboxylic acids is 1. The number of benzene rings is 1. The molecule has 1 heterocycles. The number of ether oxygens (including phenoxy) is 3. The van der Waals surface area contributed by atoms with Crippen molar-refractivity contribution in [1.29, 1.82) is 0 Å². The van der Waals surface area contributed by atoms with Gasteiger partial charge < -0.3 is 18.7 Å². The number of hydrogen-bond donors (Lipinski definition) is 0. The molecule has 0 atom stereocenters. The average molecular weight is 277 g/mol. The Morgan fingerprint density at radius 2 is 2.05 bits per heavy atom. The predicted octanol–water partition coefficient (Wildman–Crippen LogP) is 2.44. The summed E-state index contributed by atoms with van der Waals surface area (Å²) in [7, 11) is 1.56. The molecule has 0 unspecified atom stereocenters. The third-order valence-electron chi connectivity index (χ3n) is 2.58. The molecule has 106 valence electrons. The molecular formula is C14H15NO5. The van der Waals surface area contributed by atoms with Gasteiger partial charge in [0.25, 0.3) is 0 Å². The van der Waals surface area contributed by atoms with Crippen molar-refractivity contribution in [2.45, 2.75) is 13.5 Å². The third-order valence-corrected chi connectivity index (χ3v) is 2.58. The van der Waals surface area contributed by atoms with Crippen molar-refractivity contribution in [1.82, 2.24) is 5.16 Å². The highest BCUT2D eigenvalue weighted by Crippen LogP contribution is 2.20. The lowest BCUT2D eigenvalue weighted by molar-refractivity contribution is 0.0725. The first-order valence-corrected chi connectivity index (χ1v) is 6.11. The molecule has 0 amide bonds. The molecule has 6 heteroatoms. The van der Waals surface area contributed by atoms with Crippen LogP contribution >= 0.6 is 0 Å². The summed E-state index contributed by atoms with van der Waals surface area (Å²) in [5.41, 5.74) is 0.864. The Labute approximate surface area is 116 Å². The fourth-order valence-corrected chi connectivity index (χ4v) is 1.52. The quantitative estimate of drug-likeness (QED) is 0.755. The van der Waals surface area contributed by atoms with Gasteiger partial charge in [0.05, 0.1) is 19.3 Å². The summed E-state index contributed by atoms with van der Waals surface area (Å²) in [6, 6.07) is 6.62. The molecule has 20 heavy (non-hydrogen) atoms. The van der Waals surface area contributed by atoms with E-state index in [1.54, 1.807) is 31.4 Å². The fourth-order valence-electron chi connectivity index (χ4n) is 1.52. The summed E-state index contributed by atoms with van der Waals surface area (Å²) < 4.78 is 20.2. The normalized spacial score (nSPS) is 10.3. The van der Waals surface area contributed by atoms with Crippen molar-refractivity contribution < 1.29 is 23.5 Å². The Bertz CT molecular complexity index is 561. The van der Waals surface area contributed by atoms with E-state index in [-0.39, 0.29) is 12.4 Å². The highest BCUT2D eigenvalue weighted by molar-refractivity contribution is 5.91. The topological polar surface area (TPSA) is 70.8 Å². The predicted molar refractivity (Wildman–Crippen MR) is 69.8 cm³/mol. The first-order valence-electron chi connectivity index (χ1n) is 6.11. The maximum Gasteiger partial charge on any atom is 0.343 e. The van der Waals surface area contributed by atoms with E-state index in [4.69, 9.17) is 18.7 Å². The zero-order valence-electron chi connectivity index (χ0n) is 11.3. The van der Waals surface area contributed by atoms with E-state index >= 15 is 0 Å². The van der Waals surface area contributed by atoms with E-state index < -0.39 is 5.97 Å². The molecule has 0 saturated heterocycles. The second kappa shape index (κ2) is 6.72. The minimum Gasteiger partial charge on any atom is -0.497 e. The number of esters is 1. The average Bonchev–Trinajstić information content (AvgIpc) is 2.92. The number of carbonyl (C=O) groups is 1. The monoisotopic (exact) mass is 277 g/mol. The van der Waals surface area contributed by atoms with Gasteiger partial charge in [0, 0.05) is 6.61 Å². The fraction of sp³-hybridized carbons (Fsp3) is 0.286. The van der Waals surface area contributed by atoms with Crippen molar-refractivity contribution in [2.24, 2.45) is 0 Å². The van der Waals surface area contributed by atoms with Crippen LogP contribution in [-0.2, 0) is 11.3 Å². The number of rotatable bonds is 6. The lowest BCUT2D eigenvalue weighted by Gasteiger charge is -2.04. The van der Waals surface area contributed by atoms with Crippen LogP contribution in [0.25, 0.3) is 0 Å². The molecule has 0 spiro atoms. The summed E-state index contributed by atoms with van der Waals surface area (Å²) in [4.78, 5) is 12.0. The van der Waals surface area contributed by atoms with Gasteiger partial charge in [-0.05, 0) is 31.2 Å². The van der Waals surface area contributed by atoms with Gasteiger partial charge in [-0.3, -0.25) is 0 Å². The van der Waals surface area contributed by atoms with Crippen LogP contribution in [0.2, 0.25) is 0 Å². The van der Waals surface area contributed by atoms with Crippen LogP contribution < -0.4 is 9.47 Å². The molecule has 0 aliphatic carbocycles. The van der Waals surface area contributed by atoms with Gasteiger partial charge in [-0.25, -0.2) is 4.79 Å².